The number of amides is 3. The first-order chi connectivity index (χ1) is 17.0. The van der Waals surface area contributed by atoms with E-state index in [0.717, 1.165) is 11.1 Å². The van der Waals surface area contributed by atoms with Gasteiger partial charge in [-0.15, -0.1) is 0 Å². The van der Waals surface area contributed by atoms with E-state index in [1.165, 1.54) is 4.90 Å². The maximum absolute atomic E-state index is 13.5. The van der Waals surface area contributed by atoms with Gasteiger partial charge in [0.1, 0.15) is 11.8 Å². The highest BCUT2D eigenvalue weighted by Crippen LogP contribution is 2.30. The number of benzene rings is 3. The predicted molar refractivity (Wildman–Crippen MR) is 129 cm³/mol. The number of hydrogen-bond acceptors (Lipinski definition) is 5. The fourth-order valence-corrected chi connectivity index (χ4v) is 4.38. The molecule has 2 aliphatic heterocycles. The molecule has 3 aromatic rings. The molecule has 0 saturated carbocycles. The van der Waals surface area contributed by atoms with Crippen molar-refractivity contribution in [2.45, 2.75) is 6.04 Å². The van der Waals surface area contributed by atoms with E-state index in [1.807, 2.05) is 30.3 Å². The van der Waals surface area contributed by atoms with Crippen LogP contribution in [0.25, 0.3) is 11.1 Å². The first-order valence-corrected chi connectivity index (χ1v) is 11.3. The highest BCUT2D eigenvalue weighted by molar-refractivity contribution is 6.10. The Morgan fingerprint density at radius 1 is 1.00 bits per heavy atom. The smallest absolute Gasteiger partial charge is 0.260 e. The molecule has 2 aliphatic rings. The Morgan fingerprint density at radius 2 is 1.80 bits per heavy atom. The Bertz CT molecular complexity index is 1350. The van der Waals surface area contributed by atoms with E-state index in [2.05, 4.69) is 11.4 Å². The summed E-state index contributed by atoms with van der Waals surface area (Å²) in [4.78, 5) is 42.3. The minimum absolute atomic E-state index is 0.0968. The summed E-state index contributed by atoms with van der Waals surface area (Å²) in [5.74, 6) is -0.254. The zero-order chi connectivity index (χ0) is 24.4. The summed E-state index contributed by atoms with van der Waals surface area (Å²) in [7, 11) is 0. The third-order valence-corrected chi connectivity index (χ3v) is 6.23. The van der Waals surface area contributed by atoms with E-state index in [0.29, 0.717) is 29.1 Å². The van der Waals surface area contributed by atoms with Gasteiger partial charge in [0, 0.05) is 13.1 Å². The van der Waals surface area contributed by atoms with E-state index in [4.69, 9.17) is 4.74 Å². The average molecular weight is 466 g/mol. The Hall–Kier alpha value is -4.64. The van der Waals surface area contributed by atoms with Gasteiger partial charge in [-0.1, -0.05) is 36.4 Å². The zero-order valence-electron chi connectivity index (χ0n) is 18.8. The molecule has 1 saturated heterocycles. The largest absolute Gasteiger partial charge is 0.484 e. The minimum atomic E-state index is -0.797. The number of fused-ring (bicyclic) bond motifs is 2. The molecule has 0 spiro atoms. The minimum Gasteiger partial charge on any atom is -0.484 e. The Labute approximate surface area is 202 Å². The lowest BCUT2D eigenvalue weighted by atomic mass is 9.99. The van der Waals surface area contributed by atoms with Crippen molar-refractivity contribution in [3.63, 3.8) is 0 Å². The van der Waals surface area contributed by atoms with Crippen LogP contribution in [-0.4, -0.2) is 59.8 Å². The van der Waals surface area contributed by atoms with Crippen LogP contribution in [0.5, 0.6) is 5.75 Å². The number of nitrogens with zero attached hydrogens (tertiary/aromatic N) is 3. The molecular formula is C27H22N4O4. The highest BCUT2D eigenvalue weighted by Gasteiger charge is 2.40. The number of anilines is 1. The second kappa shape index (κ2) is 9.31. The molecule has 8 heteroatoms. The molecule has 1 fully saturated rings. The fourth-order valence-electron chi connectivity index (χ4n) is 4.38. The van der Waals surface area contributed by atoms with Crippen molar-refractivity contribution in [3.05, 3.63) is 83.9 Å². The van der Waals surface area contributed by atoms with Crippen molar-refractivity contribution in [1.29, 1.82) is 5.26 Å². The number of carbonyl (C=O) groups is 3. The Balaban J connectivity index is 1.34. The molecule has 0 aromatic heterocycles. The third-order valence-electron chi connectivity index (χ3n) is 6.23. The van der Waals surface area contributed by atoms with Crippen LogP contribution in [0.1, 0.15) is 15.9 Å². The molecule has 1 unspecified atom stereocenters. The van der Waals surface area contributed by atoms with Gasteiger partial charge in [0.2, 0.25) is 5.91 Å². The number of para-hydroxylation sites is 1. The van der Waals surface area contributed by atoms with Crippen LogP contribution in [0.2, 0.25) is 0 Å². The van der Waals surface area contributed by atoms with Crippen molar-refractivity contribution >= 4 is 23.4 Å². The van der Waals surface area contributed by atoms with Crippen molar-refractivity contribution < 1.29 is 19.1 Å². The van der Waals surface area contributed by atoms with Crippen LogP contribution in [-0.2, 0) is 9.59 Å². The molecule has 3 aromatic carbocycles. The summed E-state index contributed by atoms with van der Waals surface area (Å²) in [6.45, 7) is 0.505. The summed E-state index contributed by atoms with van der Waals surface area (Å²) in [5, 5.41) is 12.0. The van der Waals surface area contributed by atoms with Crippen molar-refractivity contribution in [1.82, 2.24) is 9.80 Å². The number of carbonyl (C=O) groups excluding carboxylic acids is 3. The molecule has 8 nitrogen and oxygen atoms in total. The number of piperazine rings is 1. The first kappa shape index (κ1) is 22.2. The third kappa shape index (κ3) is 4.44. The van der Waals surface area contributed by atoms with Gasteiger partial charge < -0.3 is 19.9 Å². The molecule has 3 amide bonds. The SMILES string of the molecule is N#Cc1cccc(-c2ccc3c(c2)C(=O)N2CCN(C(=O)COc4ccccc4)CC2C(=O)N3)c1. The standard InChI is InChI=1S/C27H22N4O4/c28-15-18-5-4-6-19(13-18)20-9-10-23-22(14-20)27(34)31-12-11-30(16-24(31)26(33)29-23)25(32)17-35-21-7-2-1-3-8-21/h1-10,13-14,24H,11-12,16-17H2,(H,29,33). The summed E-state index contributed by atoms with van der Waals surface area (Å²) in [6.07, 6.45) is 0. The lowest BCUT2D eigenvalue weighted by Gasteiger charge is -2.39. The van der Waals surface area contributed by atoms with Crippen molar-refractivity contribution in [3.8, 4) is 22.9 Å². The van der Waals surface area contributed by atoms with Gasteiger partial charge in [0.25, 0.3) is 11.8 Å². The molecule has 174 valence electrons. The second-order valence-electron chi connectivity index (χ2n) is 8.40. The Morgan fingerprint density at radius 3 is 2.60 bits per heavy atom. The molecule has 1 atom stereocenters. The van der Waals surface area contributed by atoms with Crippen LogP contribution >= 0.6 is 0 Å². The monoisotopic (exact) mass is 466 g/mol. The van der Waals surface area contributed by atoms with E-state index in [1.54, 1.807) is 47.4 Å². The molecule has 2 heterocycles. The topological polar surface area (TPSA) is 103 Å². The summed E-state index contributed by atoms with van der Waals surface area (Å²) < 4.78 is 5.56. The normalized spacial score (nSPS) is 16.9. The fraction of sp³-hybridized carbons (Fsp3) is 0.185. The van der Waals surface area contributed by atoms with Crippen LogP contribution in [0.3, 0.4) is 0 Å². The zero-order valence-corrected chi connectivity index (χ0v) is 18.8. The quantitative estimate of drug-likeness (QED) is 0.637. The first-order valence-electron chi connectivity index (χ1n) is 11.3. The van der Waals surface area contributed by atoms with Crippen LogP contribution in [0.15, 0.2) is 72.8 Å². The average Bonchev–Trinajstić information content (AvgIpc) is 3.01. The number of ether oxygens (including phenoxy) is 1. The number of nitriles is 1. The second-order valence-corrected chi connectivity index (χ2v) is 8.40. The van der Waals surface area contributed by atoms with Gasteiger partial charge in [-0.05, 0) is 47.5 Å². The molecule has 0 radical (unpaired) electrons. The van der Waals surface area contributed by atoms with Gasteiger partial charge in [0.05, 0.1) is 29.4 Å². The summed E-state index contributed by atoms with van der Waals surface area (Å²) in [6, 6.07) is 22.7. The van der Waals surface area contributed by atoms with Gasteiger partial charge in [-0.2, -0.15) is 5.26 Å². The maximum Gasteiger partial charge on any atom is 0.260 e. The van der Waals surface area contributed by atoms with Gasteiger partial charge in [-0.25, -0.2) is 0 Å². The van der Waals surface area contributed by atoms with E-state index in [9.17, 15) is 19.6 Å². The van der Waals surface area contributed by atoms with E-state index in [-0.39, 0.29) is 37.4 Å². The highest BCUT2D eigenvalue weighted by atomic mass is 16.5. The van der Waals surface area contributed by atoms with E-state index < -0.39 is 6.04 Å². The van der Waals surface area contributed by atoms with Gasteiger partial charge in [0.15, 0.2) is 6.61 Å². The van der Waals surface area contributed by atoms with Crippen LogP contribution in [0.4, 0.5) is 5.69 Å². The molecule has 5 rings (SSSR count). The van der Waals surface area contributed by atoms with Crippen LogP contribution < -0.4 is 10.1 Å². The number of hydrogen-bond donors (Lipinski definition) is 1. The van der Waals surface area contributed by atoms with Crippen molar-refractivity contribution in [2.24, 2.45) is 0 Å². The lowest BCUT2D eigenvalue weighted by molar-refractivity contribution is -0.137. The molecule has 1 N–H and O–H groups in total. The molecule has 35 heavy (non-hydrogen) atoms. The summed E-state index contributed by atoms with van der Waals surface area (Å²) in [5.41, 5.74) is 2.91. The Kier molecular flexibility index (Phi) is 5.90. The number of nitrogens with one attached hydrogen (secondary N) is 1. The lowest BCUT2D eigenvalue weighted by Crippen LogP contribution is -2.60. The maximum atomic E-state index is 13.5. The van der Waals surface area contributed by atoms with Crippen molar-refractivity contribution in [2.75, 3.05) is 31.6 Å². The van der Waals surface area contributed by atoms with Gasteiger partial charge >= 0.3 is 0 Å². The van der Waals surface area contributed by atoms with Crippen LogP contribution in [0, 0.1) is 11.3 Å². The van der Waals surface area contributed by atoms with Gasteiger partial charge in [-0.3, -0.25) is 14.4 Å². The predicted octanol–water partition coefficient (Wildman–Crippen LogP) is 2.91. The molecule has 0 aliphatic carbocycles. The summed E-state index contributed by atoms with van der Waals surface area (Å²) >= 11 is 0. The molecule has 0 bridgehead atoms. The van der Waals surface area contributed by atoms with E-state index >= 15 is 0 Å². The molecular weight excluding hydrogens is 444 g/mol. The number of rotatable bonds is 4.